The van der Waals surface area contributed by atoms with Crippen LogP contribution >= 0.6 is 12.2 Å². The summed E-state index contributed by atoms with van der Waals surface area (Å²) in [4.78, 5) is 13.3. The minimum Gasteiger partial charge on any atom is -0.495 e. The number of carbonyl (C=O) groups is 1. The molecule has 3 N–H and O–H groups in total. The van der Waals surface area contributed by atoms with E-state index in [1.165, 1.54) is 11.9 Å². The van der Waals surface area contributed by atoms with E-state index in [0.717, 1.165) is 0 Å². The summed E-state index contributed by atoms with van der Waals surface area (Å²) in [6, 6.07) is 12.5. The molecule has 12 heteroatoms. The van der Waals surface area contributed by atoms with Gasteiger partial charge in [-0.15, -0.1) is 10.2 Å². The third kappa shape index (κ3) is 5.57. The molecule has 0 saturated heterocycles. The lowest BCUT2D eigenvalue weighted by Crippen LogP contribution is -2.45. The van der Waals surface area contributed by atoms with E-state index in [9.17, 15) is 4.79 Å². The molecule has 0 aliphatic carbocycles. The number of anilines is 1. The Balaban J connectivity index is 1.55. The van der Waals surface area contributed by atoms with Crippen molar-refractivity contribution in [3.05, 3.63) is 42.5 Å². The van der Waals surface area contributed by atoms with Crippen molar-refractivity contribution in [1.82, 2.24) is 31.1 Å². The minimum absolute atomic E-state index is 0.162. The fourth-order valence-electron chi connectivity index (χ4n) is 2.60. The summed E-state index contributed by atoms with van der Waals surface area (Å²) in [6.45, 7) is -0.162. The van der Waals surface area contributed by atoms with Crippen molar-refractivity contribution < 1.29 is 19.0 Å². The number of rotatable bonds is 7. The first kappa shape index (κ1) is 21.8. The minimum atomic E-state index is -0.416. The summed E-state index contributed by atoms with van der Waals surface area (Å²) in [5, 5.41) is 15.2. The van der Waals surface area contributed by atoms with Gasteiger partial charge in [0.1, 0.15) is 12.3 Å². The normalized spacial score (nSPS) is 10.2. The monoisotopic (exact) mass is 443 g/mol. The van der Waals surface area contributed by atoms with Crippen molar-refractivity contribution in [3.63, 3.8) is 0 Å². The van der Waals surface area contributed by atoms with Crippen molar-refractivity contribution in [2.45, 2.75) is 6.54 Å². The molecule has 0 aliphatic rings. The number of nitrogens with one attached hydrogen (secondary N) is 3. The Hall–Kier alpha value is -3.93. The van der Waals surface area contributed by atoms with Gasteiger partial charge in [0, 0.05) is 5.56 Å². The van der Waals surface area contributed by atoms with Crippen LogP contribution in [0.1, 0.15) is 0 Å². The lowest BCUT2D eigenvalue weighted by Gasteiger charge is -2.13. The van der Waals surface area contributed by atoms with Crippen molar-refractivity contribution in [3.8, 4) is 28.6 Å². The number of hydrogen-bond donors (Lipinski definition) is 3. The smallest absolute Gasteiger partial charge is 0.262 e. The fraction of sp³-hybridized carbons (Fsp3) is 0.211. The van der Waals surface area contributed by atoms with Crippen molar-refractivity contribution in [2.75, 3.05) is 26.6 Å². The SMILES string of the molecule is COc1ccccc1NC(=S)NNC(=O)Cn1nnc(-c2ccc(OC)c(OC)c2)n1. The van der Waals surface area contributed by atoms with Crippen LogP contribution in [0.5, 0.6) is 17.2 Å². The number of hydrazine groups is 1. The van der Waals surface area contributed by atoms with E-state index in [2.05, 4.69) is 31.6 Å². The molecule has 0 unspecified atom stereocenters. The largest absolute Gasteiger partial charge is 0.495 e. The molecule has 0 fully saturated rings. The number of hydrogen-bond acceptors (Lipinski definition) is 8. The standard InChI is InChI=1S/C19H21N7O4S/c1-28-14-7-5-4-6-13(14)20-19(31)23-21-17(27)11-26-24-18(22-25-26)12-8-9-15(29-2)16(10-12)30-3/h4-10H,11H2,1-3H3,(H,21,27)(H2,20,23,31). The zero-order valence-electron chi connectivity index (χ0n) is 17.1. The molecule has 0 bridgehead atoms. The Morgan fingerprint density at radius 2 is 1.74 bits per heavy atom. The van der Waals surface area contributed by atoms with E-state index in [1.54, 1.807) is 44.6 Å². The lowest BCUT2D eigenvalue weighted by atomic mass is 10.2. The summed E-state index contributed by atoms with van der Waals surface area (Å²) >= 11 is 5.17. The maximum atomic E-state index is 12.2. The van der Waals surface area contributed by atoms with Crippen LogP contribution in [0.15, 0.2) is 42.5 Å². The van der Waals surface area contributed by atoms with E-state index in [4.69, 9.17) is 26.4 Å². The predicted molar refractivity (Wildman–Crippen MR) is 117 cm³/mol. The van der Waals surface area contributed by atoms with Crippen LogP contribution in [0.3, 0.4) is 0 Å². The van der Waals surface area contributed by atoms with E-state index in [0.29, 0.717) is 34.3 Å². The summed E-state index contributed by atoms with van der Waals surface area (Å²) in [7, 11) is 4.65. The van der Waals surface area contributed by atoms with Gasteiger partial charge >= 0.3 is 0 Å². The number of para-hydroxylation sites is 2. The maximum Gasteiger partial charge on any atom is 0.262 e. The van der Waals surface area contributed by atoms with Crippen LogP contribution in [-0.4, -0.2) is 52.6 Å². The van der Waals surface area contributed by atoms with Gasteiger partial charge in [-0.2, -0.15) is 4.80 Å². The van der Waals surface area contributed by atoms with E-state index in [1.807, 2.05) is 12.1 Å². The molecule has 162 valence electrons. The Labute approximate surface area is 183 Å². The van der Waals surface area contributed by atoms with Gasteiger partial charge in [-0.25, -0.2) is 0 Å². The number of amides is 1. The molecule has 1 aromatic heterocycles. The number of nitrogens with zero attached hydrogens (tertiary/aromatic N) is 4. The molecule has 3 aromatic rings. The molecule has 0 saturated carbocycles. The van der Waals surface area contributed by atoms with Crippen molar-refractivity contribution in [2.24, 2.45) is 0 Å². The molecule has 1 heterocycles. The van der Waals surface area contributed by atoms with Gasteiger partial charge in [-0.1, -0.05) is 12.1 Å². The molecule has 0 atom stereocenters. The second-order valence-corrected chi connectivity index (χ2v) is 6.45. The van der Waals surface area contributed by atoms with Crippen molar-refractivity contribution in [1.29, 1.82) is 0 Å². The van der Waals surface area contributed by atoms with E-state index in [-0.39, 0.29) is 11.7 Å². The number of carbonyl (C=O) groups excluding carboxylic acids is 1. The van der Waals surface area contributed by atoms with Crippen LogP contribution in [0.2, 0.25) is 0 Å². The first-order chi connectivity index (χ1) is 15.0. The molecule has 3 rings (SSSR count). The summed E-state index contributed by atoms with van der Waals surface area (Å²) in [5.41, 5.74) is 6.42. The van der Waals surface area contributed by atoms with Gasteiger partial charge < -0.3 is 19.5 Å². The Morgan fingerprint density at radius 1 is 1.00 bits per heavy atom. The molecule has 0 spiro atoms. The number of tetrazole rings is 1. The summed E-state index contributed by atoms with van der Waals surface area (Å²) < 4.78 is 15.7. The highest BCUT2D eigenvalue weighted by atomic mass is 32.1. The molecule has 0 radical (unpaired) electrons. The first-order valence-electron chi connectivity index (χ1n) is 9.03. The highest BCUT2D eigenvalue weighted by molar-refractivity contribution is 7.80. The highest BCUT2D eigenvalue weighted by Gasteiger charge is 2.12. The van der Waals surface area contributed by atoms with Crippen LogP contribution in [0.25, 0.3) is 11.4 Å². The number of aromatic nitrogens is 4. The molecule has 2 aromatic carbocycles. The zero-order chi connectivity index (χ0) is 22.2. The molecular weight excluding hydrogens is 422 g/mol. The fourth-order valence-corrected chi connectivity index (χ4v) is 2.76. The lowest BCUT2D eigenvalue weighted by molar-refractivity contribution is -0.122. The third-order valence-electron chi connectivity index (χ3n) is 4.05. The van der Waals surface area contributed by atoms with Crippen LogP contribution in [0.4, 0.5) is 5.69 Å². The Bertz CT molecular complexity index is 1070. The van der Waals surface area contributed by atoms with Crippen molar-refractivity contribution >= 4 is 28.9 Å². The van der Waals surface area contributed by atoms with E-state index < -0.39 is 5.91 Å². The molecule has 11 nitrogen and oxygen atoms in total. The second kappa shape index (κ2) is 10.2. The molecule has 0 aliphatic heterocycles. The van der Waals surface area contributed by atoms with Gasteiger partial charge in [-0.3, -0.25) is 15.6 Å². The molecule has 31 heavy (non-hydrogen) atoms. The first-order valence-corrected chi connectivity index (χ1v) is 9.44. The predicted octanol–water partition coefficient (Wildman–Crippen LogP) is 1.38. The Kier molecular flexibility index (Phi) is 7.17. The number of thiocarbonyl (C=S) groups is 1. The van der Waals surface area contributed by atoms with Gasteiger partial charge in [0.25, 0.3) is 5.91 Å². The number of benzene rings is 2. The number of ether oxygens (including phenoxy) is 3. The average Bonchev–Trinajstić information content (AvgIpc) is 3.26. The van der Waals surface area contributed by atoms with Gasteiger partial charge in [-0.05, 0) is 47.8 Å². The topological polar surface area (TPSA) is 124 Å². The van der Waals surface area contributed by atoms with Gasteiger partial charge in [0.15, 0.2) is 16.6 Å². The van der Waals surface area contributed by atoms with Crippen LogP contribution in [-0.2, 0) is 11.3 Å². The zero-order valence-corrected chi connectivity index (χ0v) is 17.9. The van der Waals surface area contributed by atoms with Gasteiger partial charge in [0.05, 0.1) is 27.0 Å². The van der Waals surface area contributed by atoms with E-state index >= 15 is 0 Å². The maximum absolute atomic E-state index is 12.2. The molecular formula is C19H21N7O4S. The third-order valence-corrected chi connectivity index (χ3v) is 4.25. The molecule has 1 amide bonds. The van der Waals surface area contributed by atoms with Crippen LogP contribution < -0.4 is 30.4 Å². The quantitative estimate of drug-likeness (QED) is 0.364. The summed E-state index contributed by atoms with van der Waals surface area (Å²) in [6.07, 6.45) is 0. The average molecular weight is 443 g/mol. The number of methoxy groups -OCH3 is 3. The second-order valence-electron chi connectivity index (χ2n) is 6.04. The van der Waals surface area contributed by atoms with Crippen LogP contribution in [0, 0.1) is 0 Å². The summed E-state index contributed by atoms with van der Waals surface area (Å²) in [5.74, 6) is 1.67. The van der Waals surface area contributed by atoms with Gasteiger partial charge in [0.2, 0.25) is 5.82 Å². The highest BCUT2D eigenvalue weighted by Crippen LogP contribution is 2.30. The Morgan fingerprint density at radius 3 is 2.48 bits per heavy atom.